The Balaban J connectivity index is 1.91. The molecule has 26 heavy (non-hydrogen) atoms. The molecule has 1 aromatic heterocycles. The van der Waals surface area contributed by atoms with Crippen LogP contribution in [0.5, 0.6) is 5.75 Å². The maximum atomic E-state index is 13.1. The first-order valence-corrected chi connectivity index (χ1v) is 7.97. The van der Waals surface area contributed by atoms with Gasteiger partial charge in [-0.1, -0.05) is 36.4 Å². The van der Waals surface area contributed by atoms with Crippen molar-refractivity contribution in [3.05, 3.63) is 78.2 Å². The van der Waals surface area contributed by atoms with Gasteiger partial charge in [-0.3, -0.25) is 0 Å². The third-order valence-electron chi connectivity index (χ3n) is 4.35. The lowest BCUT2D eigenvalue weighted by Crippen LogP contribution is -1.98. The van der Waals surface area contributed by atoms with Crippen LogP contribution in [-0.4, -0.2) is 21.2 Å². The molecule has 5 heteroatoms. The largest absolute Gasteiger partial charge is 0.508 e. The molecule has 1 heterocycles. The van der Waals surface area contributed by atoms with Crippen LogP contribution < -0.4 is 0 Å². The lowest BCUT2D eigenvalue weighted by atomic mass is 9.99. The van der Waals surface area contributed by atoms with Crippen molar-refractivity contribution in [3.63, 3.8) is 0 Å². The number of phenolic OH excluding ortho intramolecular Hbond substituents is 1. The number of aromatic amines is 1. The Morgan fingerprint density at radius 2 is 1.46 bits per heavy atom. The van der Waals surface area contributed by atoms with Crippen LogP contribution in [0.4, 0.5) is 4.39 Å². The minimum Gasteiger partial charge on any atom is -0.508 e. The zero-order valence-corrected chi connectivity index (χ0v) is 13.5. The number of fused-ring (bicyclic) bond motifs is 1. The van der Waals surface area contributed by atoms with Gasteiger partial charge in [0.2, 0.25) is 0 Å². The van der Waals surface area contributed by atoms with Gasteiger partial charge in [0.25, 0.3) is 0 Å². The van der Waals surface area contributed by atoms with Crippen molar-refractivity contribution in [2.75, 3.05) is 0 Å². The number of carboxylic acids is 1. The van der Waals surface area contributed by atoms with Gasteiger partial charge in [0, 0.05) is 16.5 Å². The molecule has 0 aliphatic rings. The SMILES string of the molecule is O=C(O)c1[nH]c2cc(-c3ccc(F)cc3)ccc2c1-c1ccc(O)cc1. The van der Waals surface area contributed by atoms with Crippen LogP contribution in [0, 0.1) is 5.82 Å². The predicted octanol–water partition coefficient (Wildman–Crippen LogP) is 5.04. The van der Waals surface area contributed by atoms with Crippen molar-refractivity contribution >= 4 is 16.9 Å². The first-order valence-electron chi connectivity index (χ1n) is 7.97. The summed E-state index contributed by atoms with van der Waals surface area (Å²) in [5, 5.41) is 19.8. The predicted molar refractivity (Wildman–Crippen MR) is 97.8 cm³/mol. The van der Waals surface area contributed by atoms with E-state index in [1.54, 1.807) is 24.3 Å². The molecule has 128 valence electrons. The first kappa shape index (κ1) is 15.9. The molecule has 0 saturated carbocycles. The third kappa shape index (κ3) is 2.69. The molecule has 0 aliphatic heterocycles. The van der Waals surface area contributed by atoms with Crippen LogP contribution in [0.3, 0.4) is 0 Å². The molecule has 0 atom stereocenters. The highest BCUT2D eigenvalue weighted by molar-refractivity contribution is 6.08. The average molecular weight is 347 g/mol. The summed E-state index contributed by atoms with van der Waals surface area (Å²) in [6, 6.07) is 18.1. The van der Waals surface area contributed by atoms with Gasteiger partial charge in [-0.15, -0.1) is 0 Å². The van der Waals surface area contributed by atoms with Gasteiger partial charge < -0.3 is 15.2 Å². The lowest BCUT2D eigenvalue weighted by Gasteiger charge is -2.04. The Hall–Kier alpha value is -3.60. The van der Waals surface area contributed by atoms with E-state index in [1.807, 2.05) is 18.2 Å². The van der Waals surface area contributed by atoms with Crippen molar-refractivity contribution in [1.29, 1.82) is 0 Å². The number of aromatic carboxylic acids is 1. The number of rotatable bonds is 3. The average Bonchev–Trinajstić information content (AvgIpc) is 3.02. The van der Waals surface area contributed by atoms with Crippen LogP contribution in [0.2, 0.25) is 0 Å². The van der Waals surface area contributed by atoms with Gasteiger partial charge in [0.05, 0.1) is 0 Å². The number of aromatic nitrogens is 1. The zero-order valence-electron chi connectivity index (χ0n) is 13.5. The maximum Gasteiger partial charge on any atom is 0.352 e. The van der Waals surface area contributed by atoms with Gasteiger partial charge in [0.1, 0.15) is 17.3 Å². The zero-order chi connectivity index (χ0) is 18.3. The number of hydrogen-bond donors (Lipinski definition) is 3. The molecule has 0 saturated heterocycles. The summed E-state index contributed by atoms with van der Waals surface area (Å²) < 4.78 is 13.1. The Kier molecular flexibility index (Phi) is 3.69. The van der Waals surface area contributed by atoms with Crippen molar-refractivity contribution in [3.8, 4) is 28.0 Å². The second kappa shape index (κ2) is 6.04. The number of carbonyl (C=O) groups is 1. The van der Waals surface area contributed by atoms with E-state index in [1.165, 1.54) is 24.3 Å². The summed E-state index contributed by atoms with van der Waals surface area (Å²) in [4.78, 5) is 14.7. The summed E-state index contributed by atoms with van der Waals surface area (Å²) in [5.41, 5.74) is 3.72. The number of carboxylic acid groups (broad SMARTS) is 1. The number of H-pyrrole nitrogens is 1. The fourth-order valence-corrected chi connectivity index (χ4v) is 3.11. The van der Waals surface area contributed by atoms with E-state index in [9.17, 15) is 19.4 Å². The number of aromatic hydroxyl groups is 1. The highest BCUT2D eigenvalue weighted by Crippen LogP contribution is 2.35. The minimum absolute atomic E-state index is 0.0851. The smallest absolute Gasteiger partial charge is 0.352 e. The molecule has 0 spiro atoms. The molecule has 4 nitrogen and oxygen atoms in total. The summed E-state index contributed by atoms with van der Waals surface area (Å²) in [5.74, 6) is -1.26. The fraction of sp³-hybridized carbons (Fsp3) is 0. The Morgan fingerprint density at radius 3 is 2.12 bits per heavy atom. The normalized spacial score (nSPS) is 11.0. The van der Waals surface area contributed by atoms with Crippen molar-refractivity contribution in [2.45, 2.75) is 0 Å². The van der Waals surface area contributed by atoms with Crippen molar-refractivity contribution < 1.29 is 19.4 Å². The van der Waals surface area contributed by atoms with E-state index in [2.05, 4.69) is 4.98 Å². The van der Waals surface area contributed by atoms with Gasteiger partial charge in [-0.2, -0.15) is 0 Å². The second-order valence-corrected chi connectivity index (χ2v) is 5.99. The van der Waals surface area contributed by atoms with Crippen LogP contribution >= 0.6 is 0 Å². The molecule has 4 aromatic rings. The standard InChI is InChI=1S/C21H14FNO3/c22-15-6-1-12(2-7-15)14-5-10-17-18(11-14)23-20(21(25)26)19(17)13-3-8-16(24)9-4-13/h1-11,23-24H,(H,25,26). The highest BCUT2D eigenvalue weighted by Gasteiger charge is 2.19. The highest BCUT2D eigenvalue weighted by atomic mass is 19.1. The van der Waals surface area contributed by atoms with E-state index in [0.717, 1.165) is 16.5 Å². The Bertz CT molecular complexity index is 1110. The maximum absolute atomic E-state index is 13.1. The van der Waals surface area contributed by atoms with Crippen LogP contribution in [0.1, 0.15) is 10.5 Å². The van der Waals surface area contributed by atoms with Crippen LogP contribution in [0.15, 0.2) is 66.7 Å². The summed E-state index contributed by atoms with van der Waals surface area (Å²) in [7, 11) is 0. The fourth-order valence-electron chi connectivity index (χ4n) is 3.11. The van der Waals surface area contributed by atoms with E-state index in [-0.39, 0.29) is 17.3 Å². The van der Waals surface area contributed by atoms with Crippen molar-refractivity contribution in [2.24, 2.45) is 0 Å². The van der Waals surface area contributed by atoms with E-state index in [4.69, 9.17) is 0 Å². The van der Waals surface area contributed by atoms with Crippen molar-refractivity contribution in [1.82, 2.24) is 4.98 Å². The molecule has 0 aliphatic carbocycles. The summed E-state index contributed by atoms with van der Waals surface area (Å²) >= 11 is 0. The monoisotopic (exact) mass is 347 g/mol. The molecule has 4 rings (SSSR count). The number of nitrogens with one attached hydrogen (secondary N) is 1. The van der Waals surface area contributed by atoms with E-state index in [0.29, 0.717) is 16.6 Å². The van der Waals surface area contributed by atoms with Gasteiger partial charge in [0.15, 0.2) is 0 Å². The van der Waals surface area contributed by atoms with E-state index >= 15 is 0 Å². The number of halogens is 1. The van der Waals surface area contributed by atoms with E-state index < -0.39 is 5.97 Å². The number of hydrogen-bond acceptors (Lipinski definition) is 2. The minimum atomic E-state index is -1.06. The second-order valence-electron chi connectivity index (χ2n) is 5.99. The van der Waals surface area contributed by atoms with Gasteiger partial charge >= 0.3 is 5.97 Å². The molecule has 0 bridgehead atoms. The molecular weight excluding hydrogens is 333 g/mol. The number of benzene rings is 3. The lowest BCUT2D eigenvalue weighted by molar-refractivity contribution is 0.0692. The molecule has 0 radical (unpaired) electrons. The Morgan fingerprint density at radius 1 is 0.846 bits per heavy atom. The number of phenols is 1. The molecular formula is C21H14FNO3. The molecule has 0 unspecified atom stereocenters. The Labute approximate surface area is 148 Å². The van der Waals surface area contributed by atoms with Crippen LogP contribution in [-0.2, 0) is 0 Å². The van der Waals surface area contributed by atoms with Gasteiger partial charge in [-0.05, 0) is 47.0 Å². The first-order chi connectivity index (χ1) is 12.5. The third-order valence-corrected chi connectivity index (χ3v) is 4.35. The molecule has 0 fully saturated rings. The van der Waals surface area contributed by atoms with Gasteiger partial charge in [-0.25, -0.2) is 9.18 Å². The topological polar surface area (TPSA) is 73.3 Å². The van der Waals surface area contributed by atoms with Crippen LogP contribution in [0.25, 0.3) is 33.2 Å². The molecule has 3 N–H and O–H groups in total. The molecule has 3 aromatic carbocycles. The summed E-state index contributed by atoms with van der Waals surface area (Å²) in [6.45, 7) is 0. The summed E-state index contributed by atoms with van der Waals surface area (Å²) in [6.07, 6.45) is 0. The quantitative estimate of drug-likeness (QED) is 0.486. The molecule has 0 amide bonds.